The lowest BCUT2D eigenvalue weighted by Gasteiger charge is -2.35. The van der Waals surface area contributed by atoms with Gasteiger partial charge in [-0.15, -0.1) is 0 Å². The lowest BCUT2D eigenvalue weighted by molar-refractivity contribution is -0.910. The van der Waals surface area contributed by atoms with Crippen LogP contribution in [0.1, 0.15) is 52.4 Å². The van der Waals surface area contributed by atoms with Crippen LogP contribution >= 0.6 is 0 Å². The monoisotopic (exact) mass is 367 g/mol. The van der Waals surface area contributed by atoms with Crippen LogP contribution in [0, 0.1) is 0 Å². The third-order valence-electron chi connectivity index (χ3n) is 4.25. The Hall–Kier alpha value is -0.210. The highest BCUT2D eigenvalue weighted by Gasteiger charge is 2.21. The molecule has 0 aliphatic heterocycles. The molecule has 0 aromatic rings. The zero-order valence-electron chi connectivity index (χ0n) is 15.8. The van der Waals surface area contributed by atoms with Crippen molar-refractivity contribution in [2.75, 3.05) is 58.9 Å². The summed E-state index contributed by atoms with van der Waals surface area (Å²) in [4.78, 5) is 0. The minimum Gasteiger partial charge on any atom is -0.748 e. The molecule has 0 aliphatic carbocycles. The Balaban J connectivity index is 4.19. The predicted octanol–water partition coefficient (Wildman–Crippen LogP) is 2.39. The van der Waals surface area contributed by atoms with Gasteiger partial charge in [0, 0.05) is 18.8 Å². The predicted molar refractivity (Wildman–Crippen MR) is 96.0 cm³/mol. The molecule has 0 amide bonds. The summed E-state index contributed by atoms with van der Waals surface area (Å²) in [6.45, 7) is 9.19. The van der Waals surface area contributed by atoms with Crippen LogP contribution in [0.15, 0.2) is 0 Å². The Labute approximate surface area is 148 Å². The fraction of sp³-hybridized carbons (Fsp3) is 1.00. The van der Waals surface area contributed by atoms with E-state index in [1.165, 1.54) is 25.7 Å². The second-order valence-electron chi connectivity index (χ2n) is 6.63. The summed E-state index contributed by atoms with van der Waals surface area (Å²) in [5.74, 6) is -0.276. The van der Waals surface area contributed by atoms with E-state index in [1.807, 2.05) is 6.92 Å². The van der Waals surface area contributed by atoms with Crippen molar-refractivity contribution in [3.05, 3.63) is 0 Å². The summed E-state index contributed by atoms with van der Waals surface area (Å²) >= 11 is 0. The van der Waals surface area contributed by atoms with Crippen LogP contribution in [0.2, 0.25) is 0 Å². The van der Waals surface area contributed by atoms with Gasteiger partial charge in [0.15, 0.2) is 0 Å². The molecule has 1 atom stereocenters. The summed E-state index contributed by atoms with van der Waals surface area (Å²) in [5.41, 5.74) is 0. The van der Waals surface area contributed by atoms with E-state index < -0.39 is 10.1 Å². The maximum atomic E-state index is 10.8. The van der Waals surface area contributed by atoms with Gasteiger partial charge in [-0.05, 0) is 19.8 Å². The maximum Gasteiger partial charge on any atom is 0.102 e. The third-order valence-corrected chi connectivity index (χ3v) is 5.03. The molecule has 0 rings (SSSR count). The smallest absolute Gasteiger partial charge is 0.102 e. The van der Waals surface area contributed by atoms with Crippen molar-refractivity contribution in [3.63, 3.8) is 0 Å². The molecule has 7 heteroatoms. The Kier molecular flexibility index (Phi) is 13.9. The molecule has 1 unspecified atom stereocenters. The van der Waals surface area contributed by atoms with Crippen LogP contribution in [0.4, 0.5) is 0 Å². The zero-order valence-corrected chi connectivity index (χ0v) is 16.6. The molecule has 6 nitrogen and oxygen atoms in total. The minimum atomic E-state index is -4.12. The van der Waals surface area contributed by atoms with Gasteiger partial charge in [0.25, 0.3) is 0 Å². The van der Waals surface area contributed by atoms with Gasteiger partial charge in [0.2, 0.25) is 0 Å². The van der Waals surface area contributed by atoms with Crippen molar-refractivity contribution in [1.29, 1.82) is 0 Å². The number of likely N-dealkylation sites (N-methyl/N-ethyl adjacent to an activating group) is 1. The summed E-state index contributed by atoms with van der Waals surface area (Å²) in [7, 11) is -1.99. The topological polar surface area (TPSA) is 75.7 Å². The lowest BCUT2D eigenvalue weighted by atomic mass is 10.1. The highest BCUT2D eigenvalue weighted by molar-refractivity contribution is 7.85. The summed E-state index contributed by atoms with van der Waals surface area (Å²) in [6, 6.07) is 0. The first-order valence-electron chi connectivity index (χ1n) is 9.25. The number of nitrogens with zero attached hydrogens (tertiary/aromatic N) is 1. The molecule has 146 valence electrons. The molecule has 0 radical (unpaired) electrons. The first kappa shape index (κ1) is 23.8. The Bertz CT molecular complexity index is 388. The highest BCUT2D eigenvalue weighted by Crippen LogP contribution is 2.11. The van der Waals surface area contributed by atoms with Crippen LogP contribution in [-0.4, -0.2) is 76.3 Å². The number of ether oxygens (including phenoxy) is 2. The average molecular weight is 368 g/mol. The minimum absolute atomic E-state index is 0.276. The number of hydrogen-bond acceptors (Lipinski definition) is 5. The van der Waals surface area contributed by atoms with Gasteiger partial charge in [-0.2, -0.15) is 0 Å². The molecule has 0 spiro atoms. The quantitative estimate of drug-likeness (QED) is 0.224. The fourth-order valence-electron chi connectivity index (χ4n) is 2.70. The van der Waals surface area contributed by atoms with E-state index in [2.05, 4.69) is 14.0 Å². The SMILES string of the molecule is CCCCCCC[N+](C)(CCCS(=O)(=O)[O-])CCOCCOCC. The molecule has 0 saturated carbocycles. The van der Waals surface area contributed by atoms with Crippen LogP contribution < -0.4 is 0 Å². The fourth-order valence-corrected chi connectivity index (χ4v) is 3.19. The van der Waals surface area contributed by atoms with Gasteiger partial charge >= 0.3 is 0 Å². The van der Waals surface area contributed by atoms with Gasteiger partial charge in [-0.3, -0.25) is 0 Å². The zero-order chi connectivity index (χ0) is 18.3. The van der Waals surface area contributed by atoms with E-state index in [0.29, 0.717) is 39.4 Å². The summed E-state index contributed by atoms with van der Waals surface area (Å²) in [5, 5.41) is 0. The van der Waals surface area contributed by atoms with E-state index in [1.54, 1.807) is 0 Å². The van der Waals surface area contributed by atoms with E-state index in [4.69, 9.17) is 9.47 Å². The maximum absolute atomic E-state index is 10.8. The van der Waals surface area contributed by atoms with Crippen molar-refractivity contribution in [2.24, 2.45) is 0 Å². The van der Waals surface area contributed by atoms with Crippen LogP contribution in [0.25, 0.3) is 0 Å². The number of quaternary nitrogens is 1. The summed E-state index contributed by atoms with van der Waals surface area (Å²) in [6.07, 6.45) is 6.47. The molecule has 0 aromatic carbocycles. The molecule has 24 heavy (non-hydrogen) atoms. The Morgan fingerprint density at radius 2 is 1.46 bits per heavy atom. The molecule has 0 saturated heterocycles. The molecular weight excluding hydrogens is 330 g/mol. The second-order valence-corrected chi connectivity index (χ2v) is 8.15. The van der Waals surface area contributed by atoms with Crippen LogP contribution in [-0.2, 0) is 19.6 Å². The van der Waals surface area contributed by atoms with Gasteiger partial charge in [-0.25, -0.2) is 8.42 Å². The molecule has 0 aromatic heterocycles. The summed E-state index contributed by atoms with van der Waals surface area (Å²) < 4.78 is 44.0. The van der Waals surface area contributed by atoms with Crippen LogP contribution in [0.5, 0.6) is 0 Å². The molecular formula is C17H37NO5S. The van der Waals surface area contributed by atoms with Crippen molar-refractivity contribution in [2.45, 2.75) is 52.4 Å². The Morgan fingerprint density at radius 1 is 0.833 bits per heavy atom. The van der Waals surface area contributed by atoms with Gasteiger partial charge in [0.1, 0.15) is 6.54 Å². The molecule has 0 fully saturated rings. The molecule has 0 aliphatic rings. The normalized spacial score (nSPS) is 14.7. The molecule has 0 N–H and O–H groups in total. The largest absolute Gasteiger partial charge is 0.748 e. The van der Waals surface area contributed by atoms with Gasteiger partial charge < -0.3 is 18.5 Å². The van der Waals surface area contributed by atoms with E-state index in [9.17, 15) is 13.0 Å². The first-order chi connectivity index (χ1) is 11.3. The van der Waals surface area contributed by atoms with E-state index in [0.717, 1.165) is 24.0 Å². The standard InChI is InChI=1S/C17H37NO5S/c1-4-6-7-8-9-11-18(3,12-10-17-24(19,20)21)13-14-23-16-15-22-5-2/h4-17H2,1-3H3. The number of unbranched alkanes of at least 4 members (excludes halogenated alkanes) is 4. The molecule has 0 heterocycles. The average Bonchev–Trinajstić information content (AvgIpc) is 2.49. The number of hydrogen-bond donors (Lipinski definition) is 0. The van der Waals surface area contributed by atoms with E-state index >= 15 is 0 Å². The van der Waals surface area contributed by atoms with Crippen molar-refractivity contribution in [1.82, 2.24) is 0 Å². The van der Waals surface area contributed by atoms with Crippen molar-refractivity contribution in [3.8, 4) is 0 Å². The third kappa shape index (κ3) is 15.3. The number of rotatable bonds is 17. The van der Waals surface area contributed by atoms with E-state index in [-0.39, 0.29) is 5.75 Å². The van der Waals surface area contributed by atoms with Crippen molar-refractivity contribution >= 4 is 10.1 Å². The Morgan fingerprint density at radius 3 is 2.08 bits per heavy atom. The first-order valence-corrected chi connectivity index (χ1v) is 10.8. The van der Waals surface area contributed by atoms with Crippen molar-refractivity contribution < 1.29 is 26.9 Å². The van der Waals surface area contributed by atoms with Crippen LogP contribution in [0.3, 0.4) is 0 Å². The highest BCUT2D eigenvalue weighted by atomic mass is 32.2. The van der Waals surface area contributed by atoms with Gasteiger partial charge in [0.05, 0.1) is 50.1 Å². The second kappa shape index (κ2) is 14.0. The van der Waals surface area contributed by atoms with Gasteiger partial charge in [-0.1, -0.05) is 26.2 Å². The lowest BCUT2D eigenvalue weighted by Crippen LogP contribution is -2.48. The molecule has 0 bridgehead atoms.